The number of ether oxygens (including phenoxy) is 2. The SMILES string of the molecule is CC(C)CNCC(=O)OCC1CCOC1. The first-order chi connectivity index (χ1) is 7.18. The average Bonchev–Trinajstić information content (AvgIpc) is 2.66. The molecule has 1 saturated heterocycles. The van der Waals surface area contributed by atoms with Crippen LogP contribution in [0.15, 0.2) is 0 Å². The largest absolute Gasteiger partial charge is 0.464 e. The van der Waals surface area contributed by atoms with Gasteiger partial charge in [-0.25, -0.2) is 0 Å². The van der Waals surface area contributed by atoms with Crippen LogP contribution in [0.2, 0.25) is 0 Å². The summed E-state index contributed by atoms with van der Waals surface area (Å²) >= 11 is 0. The van der Waals surface area contributed by atoms with Gasteiger partial charge >= 0.3 is 5.97 Å². The fourth-order valence-electron chi connectivity index (χ4n) is 1.44. The molecule has 1 rings (SSSR count). The highest BCUT2D eigenvalue weighted by Gasteiger charge is 2.17. The molecule has 0 radical (unpaired) electrons. The lowest BCUT2D eigenvalue weighted by Gasteiger charge is -2.10. The first kappa shape index (κ1) is 12.5. The Balaban J connectivity index is 1.98. The monoisotopic (exact) mass is 215 g/mol. The maximum Gasteiger partial charge on any atom is 0.319 e. The molecule has 1 atom stereocenters. The first-order valence-corrected chi connectivity index (χ1v) is 5.62. The van der Waals surface area contributed by atoms with Crippen molar-refractivity contribution in [3.8, 4) is 0 Å². The quantitative estimate of drug-likeness (QED) is 0.666. The highest BCUT2D eigenvalue weighted by atomic mass is 16.5. The smallest absolute Gasteiger partial charge is 0.319 e. The van der Waals surface area contributed by atoms with Gasteiger partial charge in [0.1, 0.15) is 0 Å². The summed E-state index contributed by atoms with van der Waals surface area (Å²) in [5, 5.41) is 3.05. The predicted molar refractivity (Wildman–Crippen MR) is 57.6 cm³/mol. The van der Waals surface area contributed by atoms with E-state index in [0.717, 1.165) is 26.2 Å². The van der Waals surface area contributed by atoms with Gasteiger partial charge in [0, 0.05) is 12.5 Å². The van der Waals surface area contributed by atoms with Gasteiger partial charge in [-0.1, -0.05) is 13.8 Å². The molecule has 0 amide bonds. The molecule has 0 saturated carbocycles. The van der Waals surface area contributed by atoms with Gasteiger partial charge in [-0.3, -0.25) is 4.79 Å². The number of hydrogen-bond acceptors (Lipinski definition) is 4. The Morgan fingerprint density at radius 1 is 1.60 bits per heavy atom. The van der Waals surface area contributed by atoms with E-state index in [1.807, 2.05) is 0 Å². The minimum absolute atomic E-state index is 0.164. The number of nitrogens with one attached hydrogen (secondary N) is 1. The second kappa shape index (κ2) is 6.80. The molecule has 1 heterocycles. The van der Waals surface area contributed by atoms with Gasteiger partial charge in [-0.2, -0.15) is 0 Å². The summed E-state index contributed by atoms with van der Waals surface area (Å²) in [6.45, 7) is 7.40. The van der Waals surface area contributed by atoms with Gasteiger partial charge in [-0.15, -0.1) is 0 Å². The van der Waals surface area contributed by atoms with Crippen molar-refractivity contribution in [2.45, 2.75) is 20.3 Å². The van der Waals surface area contributed by atoms with Crippen molar-refractivity contribution in [2.75, 3.05) is 32.9 Å². The molecule has 0 spiro atoms. The van der Waals surface area contributed by atoms with Crippen LogP contribution in [0.5, 0.6) is 0 Å². The van der Waals surface area contributed by atoms with Crippen LogP contribution in [0.4, 0.5) is 0 Å². The molecular weight excluding hydrogens is 194 g/mol. The van der Waals surface area contributed by atoms with Gasteiger partial charge in [0.05, 0.1) is 19.8 Å². The molecule has 0 aliphatic carbocycles. The van der Waals surface area contributed by atoms with Gasteiger partial charge in [-0.05, 0) is 18.9 Å². The normalized spacial score (nSPS) is 20.9. The molecular formula is C11H21NO3. The lowest BCUT2D eigenvalue weighted by molar-refractivity contribution is -0.143. The molecule has 1 fully saturated rings. The summed E-state index contributed by atoms with van der Waals surface area (Å²) in [5.41, 5.74) is 0. The van der Waals surface area contributed by atoms with E-state index in [1.54, 1.807) is 0 Å². The highest BCUT2D eigenvalue weighted by Crippen LogP contribution is 2.12. The Bertz CT molecular complexity index is 188. The second-order valence-corrected chi connectivity index (χ2v) is 4.44. The molecule has 1 unspecified atom stereocenters. The molecule has 0 bridgehead atoms. The summed E-state index contributed by atoms with van der Waals surface area (Å²) in [5.74, 6) is 0.794. The number of esters is 1. The molecule has 88 valence electrons. The van der Waals surface area contributed by atoms with Crippen LogP contribution < -0.4 is 5.32 Å². The van der Waals surface area contributed by atoms with Crippen LogP contribution >= 0.6 is 0 Å². The van der Waals surface area contributed by atoms with Crippen molar-refractivity contribution in [2.24, 2.45) is 11.8 Å². The molecule has 15 heavy (non-hydrogen) atoms. The maximum absolute atomic E-state index is 11.3. The van der Waals surface area contributed by atoms with Crippen LogP contribution in [0.3, 0.4) is 0 Å². The zero-order valence-corrected chi connectivity index (χ0v) is 9.62. The van der Waals surface area contributed by atoms with Gasteiger partial charge in [0.15, 0.2) is 0 Å². The lowest BCUT2D eigenvalue weighted by Crippen LogP contribution is -2.29. The molecule has 1 N–H and O–H groups in total. The highest BCUT2D eigenvalue weighted by molar-refractivity contribution is 5.71. The van der Waals surface area contributed by atoms with Crippen LogP contribution in [0, 0.1) is 11.8 Å². The Morgan fingerprint density at radius 2 is 2.40 bits per heavy atom. The van der Waals surface area contributed by atoms with Crippen LogP contribution in [0.1, 0.15) is 20.3 Å². The third kappa shape index (κ3) is 5.74. The zero-order valence-electron chi connectivity index (χ0n) is 9.62. The molecule has 4 heteroatoms. The number of rotatable bonds is 6. The summed E-state index contributed by atoms with van der Waals surface area (Å²) < 4.78 is 10.3. The van der Waals surface area contributed by atoms with Gasteiger partial charge in [0.25, 0.3) is 0 Å². The van der Waals surface area contributed by atoms with E-state index >= 15 is 0 Å². The summed E-state index contributed by atoms with van der Waals surface area (Å²) in [6.07, 6.45) is 1.01. The van der Waals surface area contributed by atoms with Gasteiger partial charge < -0.3 is 14.8 Å². The molecule has 1 aliphatic heterocycles. The summed E-state index contributed by atoms with van der Waals surface area (Å²) in [4.78, 5) is 11.3. The molecule has 1 aliphatic rings. The van der Waals surface area contributed by atoms with E-state index < -0.39 is 0 Å². The van der Waals surface area contributed by atoms with Crippen LogP contribution in [0.25, 0.3) is 0 Å². The molecule has 0 aromatic carbocycles. The van der Waals surface area contributed by atoms with Crippen molar-refractivity contribution in [1.29, 1.82) is 0 Å². The zero-order chi connectivity index (χ0) is 11.1. The van der Waals surface area contributed by atoms with Crippen molar-refractivity contribution in [1.82, 2.24) is 5.32 Å². The van der Waals surface area contributed by atoms with Gasteiger partial charge in [0.2, 0.25) is 0 Å². The Morgan fingerprint density at radius 3 is 3.00 bits per heavy atom. The van der Waals surface area contributed by atoms with E-state index in [0.29, 0.717) is 25.0 Å². The number of carbonyl (C=O) groups is 1. The lowest BCUT2D eigenvalue weighted by atomic mass is 10.1. The van der Waals surface area contributed by atoms with Crippen molar-refractivity contribution < 1.29 is 14.3 Å². The van der Waals surface area contributed by atoms with Crippen LogP contribution in [-0.2, 0) is 14.3 Å². The third-order valence-corrected chi connectivity index (χ3v) is 2.33. The molecule has 0 aromatic rings. The Hall–Kier alpha value is -0.610. The fraction of sp³-hybridized carbons (Fsp3) is 0.909. The van der Waals surface area contributed by atoms with E-state index in [4.69, 9.17) is 9.47 Å². The minimum atomic E-state index is -0.164. The second-order valence-electron chi connectivity index (χ2n) is 4.44. The van der Waals surface area contributed by atoms with Crippen LogP contribution in [-0.4, -0.2) is 38.9 Å². The summed E-state index contributed by atoms with van der Waals surface area (Å²) in [7, 11) is 0. The number of hydrogen-bond donors (Lipinski definition) is 1. The molecule has 0 aromatic heterocycles. The molecule has 4 nitrogen and oxygen atoms in total. The van der Waals surface area contributed by atoms with Crippen molar-refractivity contribution >= 4 is 5.97 Å². The van der Waals surface area contributed by atoms with E-state index in [-0.39, 0.29) is 5.97 Å². The fourth-order valence-corrected chi connectivity index (χ4v) is 1.44. The van der Waals surface area contributed by atoms with E-state index in [2.05, 4.69) is 19.2 Å². The van der Waals surface area contributed by atoms with E-state index in [1.165, 1.54) is 0 Å². The third-order valence-electron chi connectivity index (χ3n) is 2.33. The summed E-state index contributed by atoms with van der Waals surface area (Å²) in [6, 6.07) is 0. The average molecular weight is 215 g/mol. The standard InChI is InChI=1S/C11H21NO3/c1-9(2)5-12-6-11(13)15-8-10-3-4-14-7-10/h9-10,12H,3-8H2,1-2H3. The van der Waals surface area contributed by atoms with E-state index in [9.17, 15) is 4.79 Å². The first-order valence-electron chi connectivity index (χ1n) is 5.62. The number of carbonyl (C=O) groups excluding carboxylic acids is 1. The minimum Gasteiger partial charge on any atom is -0.464 e. The van der Waals surface area contributed by atoms with Crippen molar-refractivity contribution in [3.63, 3.8) is 0 Å². The Kier molecular flexibility index (Phi) is 5.65. The maximum atomic E-state index is 11.3. The predicted octanol–water partition coefficient (Wildman–Crippen LogP) is 0.812. The Labute approximate surface area is 91.3 Å². The topological polar surface area (TPSA) is 47.6 Å². The van der Waals surface area contributed by atoms with Crippen molar-refractivity contribution in [3.05, 3.63) is 0 Å².